The third kappa shape index (κ3) is 3.20. The first-order chi connectivity index (χ1) is 11.6. The Balaban J connectivity index is 1.89. The molecule has 0 saturated carbocycles. The Kier molecular flexibility index (Phi) is 4.69. The first-order valence-electron chi connectivity index (χ1n) is 8.20. The van der Waals surface area contributed by atoms with Crippen LogP contribution in [0.15, 0.2) is 36.5 Å². The van der Waals surface area contributed by atoms with Gasteiger partial charge in [0, 0.05) is 18.8 Å². The Hall–Kier alpha value is -2.56. The molecule has 5 heteroatoms. The third-order valence-electron chi connectivity index (χ3n) is 3.99. The highest BCUT2D eigenvalue weighted by Gasteiger charge is 2.26. The van der Waals surface area contributed by atoms with Gasteiger partial charge in [-0.15, -0.1) is 0 Å². The number of nitrogens with zero attached hydrogens (tertiary/aromatic N) is 2. The lowest BCUT2D eigenvalue weighted by atomic mass is 10.00. The summed E-state index contributed by atoms with van der Waals surface area (Å²) in [6.07, 6.45) is 3.52. The minimum atomic E-state index is -0.0657. The number of fused-ring (bicyclic) bond motifs is 1. The maximum absolute atomic E-state index is 13.0. The second-order valence-corrected chi connectivity index (χ2v) is 6.08. The summed E-state index contributed by atoms with van der Waals surface area (Å²) in [6.45, 7) is 4.56. The summed E-state index contributed by atoms with van der Waals surface area (Å²) in [6, 6.07) is 9.40. The normalized spacial score (nSPS) is 13.6. The minimum Gasteiger partial charge on any atom is -0.495 e. The van der Waals surface area contributed by atoms with E-state index in [2.05, 4.69) is 11.1 Å². The fourth-order valence-corrected chi connectivity index (χ4v) is 2.96. The SMILES string of the molecule is COc1cccc2c1N(C(=O)c1ccc(OC(C)C)nc1)CCC2. The first kappa shape index (κ1) is 16.3. The van der Waals surface area contributed by atoms with Crippen LogP contribution >= 0.6 is 0 Å². The van der Waals surface area contributed by atoms with Gasteiger partial charge in [-0.1, -0.05) is 12.1 Å². The number of aryl methyl sites for hydroxylation is 1. The second kappa shape index (κ2) is 6.91. The lowest BCUT2D eigenvalue weighted by molar-refractivity contribution is 0.0984. The number of ether oxygens (including phenoxy) is 2. The van der Waals surface area contributed by atoms with Crippen molar-refractivity contribution in [3.05, 3.63) is 47.7 Å². The van der Waals surface area contributed by atoms with Crippen LogP contribution in [0.4, 0.5) is 5.69 Å². The fraction of sp³-hybridized carbons (Fsp3) is 0.368. The van der Waals surface area contributed by atoms with Crippen molar-refractivity contribution in [3.63, 3.8) is 0 Å². The van der Waals surface area contributed by atoms with Crippen LogP contribution in [0.1, 0.15) is 36.2 Å². The van der Waals surface area contributed by atoms with E-state index in [0.717, 1.165) is 29.8 Å². The van der Waals surface area contributed by atoms with Crippen molar-refractivity contribution < 1.29 is 14.3 Å². The van der Waals surface area contributed by atoms with E-state index in [0.29, 0.717) is 18.0 Å². The van der Waals surface area contributed by atoms with Crippen LogP contribution in [0.2, 0.25) is 0 Å². The summed E-state index contributed by atoms with van der Waals surface area (Å²) in [5.41, 5.74) is 2.56. The van der Waals surface area contributed by atoms with Gasteiger partial charge in [0.05, 0.1) is 24.5 Å². The molecule has 1 aromatic carbocycles. The highest BCUT2D eigenvalue weighted by Crippen LogP contribution is 2.36. The van der Waals surface area contributed by atoms with Crippen LogP contribution < -0.4 is 14.4 Å². The molecule has 0 spiro atoms. The van der Waals surface area contributed by atoms with E-state index in [1.165, 1.54) is 0 Å². The number of pyridine rings is 1. The van der Waals surface area contributed by atoms with Gasteiger partial charge in [-0.3, -0.25) is 4.79 Å². The number of carbonyl (C=O) groups excluding carboxylic acids is 1. The van der Waals surface area contributed by atoms with Gasteiger partial charge in [-0.25, -0.2) is 4.98 Å². The lowest BCUT2D eigenvalue weighted by Crippen LogP contribution is -2.35. The Morgan fingerprint density at radius 2 is 2.08 bits per heavy atom. The maximum Gasteiger partial charge on any atom is 0.259 e. The summed E-state index contributed by atoms with van der Waals surface area (Å²) in [5, 5.41) is 0. The zero-order valence-corrected chi connectivity index (χ0v) is 14.3. The van der Waals surface area contributed by atoms with Crippen LogP contribution in [-0.4, -0.2) is 30.6 Å². The van der Waals surface area contributed by atoms with Crippen LogP contribution in [0.25, 0.3) is 0 Å². The summed E-state index contributed by atoms with van der Waals surface area (Å²) in [5.74, 6) is 1.19. The van der Waals surface area contributed by atoms with Gasteiger partial charge in [0.15, 0.2) is 0 Å². The van der Waals surface area contributed by atoms with E-state index >= 15 is 0 Å². The number of para-hydroxylation sites is 1. The Morgan fingerprint density at radius 1 is 1.25 bits per heavy atom. The molecule has 1 aliphatic rings. The molecule has 0 atom stereocenters. The summed E-state index contributed by atoms with van der Waals surface area (Å²) < 4.78 is 11.0. The van der Waals surface area contributed by atoms with Gasteiger partial charge in [-0.2, -0.15) is 0 Å². The monoisotopic (exact) mass is 326 g/mol. The average Bonchev–Trinajstić information content (AvgIpc) is 2.60. The number of rotatable bonds is 4. The fourth-order valence-electron chi connectivity index (χ4n) is 2.96. The van der Waals surface area contributed by atoms with Crippen LogP contribution in [0.5, 0.6) is 11.6 Å². The smallest absolute Gasteiger partial charge is 0.259 e. The van der Waals surface area contributed by atoms with Crippen molar-refractivity contribution in [2.45, 2.75) is 32.8 Å². The van der Waals surface area contributed by atoms with Crippen molar-refractivity contribution in [2.24, 2.45) is 0 Å². The molecule has 5 nitrogen and oxygen atoms in total. The molecule has 1 aromatic heterocycles. The van der Waals surface area contributed by atoms with Crippen molar-refractivity contribution in [2.75, 3.05) is 18.6 Å². The Labute approximate surface area is 142 Å². The largest absolute Gasteiger partial charge is 0.495 e. The Bertz CT molecular complexity index is 712. The summed E-state index contributed by atoms with van der Waals surface area (Å²) in [4.78, 5) is 19.0. The lowest BCUT2D eigenvalue weighted by Gasteiger charge is -2.31. The standard InChI is InChI=1S/C19H22N2O3/c1-13(2)24-17-10-9-15(12-20-17)19(22)21-11-5-7-14-6-4-8-16(23-3)18(14)21/h4,6,8-10,12-13H,5,7,11H2,1-3H3. The third-order valence-corrected chi connectivity index (χ3v) is 3.99. The molecule has 0 N–H and O–H groups in total. The number of anilines is 1. The number of benzene rings is 1. The van der Waals surface area contributed by atoms with Gasteiger partial charge < -0.3 is 14.4 Å². The average molecular weight is 326 g/mol. The van der Waals surface area contributed by atoms with E-state index in [9.17, 15) is 4.79 Å². The molecule has 0 aliphatic carbocycles. The van der Waals surface area contributed by atoms with Gasteiger partial charge in [0.1, 0.15) is 5.75 Å². The predicted octanol–water partition coefficient (Wildman–Crippen LogP) is 3.47. The molecule has 126 valence electrons. The highest BCUT2D eigenvalue weighted by atomic mass is 16.5. The zero-order chi connectivity index (χ0) is 17.1. The van der Waals surface area contributed by atoms with E-state index in [-0.39, 0.29) is 12.0 Å². The van der Waals surface area contributed by atoms with E-state index in [4.69, 9.17) is 9.47 Å². The van der Waals surface area contributed by atoms with E-state index < -0.39 is 0 Å². The molecule has 1 aliphatic heterocycles. The topological polar surface area (TPSA) is 51.7 Å². The quantitative estimate of drug-likeness (QED) is 0.863. The first-order valence-corrected chi connectivity index (χ1v) is 8.20. The molecule has 0 fully saturated rings. The van der Waals surface area contributed by atoms with Crippen molar-refractivity contribution >= 4 is 11.6 Å². The zero-order valence-electron chi connectivity index (χ0n) is 14.3. The molecule has 2 aromatic rings. The maximum atomic E-state index is 13.0. The molecule has 1 amide bonds. The molecule has 24 heavy (non-hydrogen) atoms. The van der Waals surface area contributed by atoms with E-state index in [1.54, 1.807) is 30.3 Å². The minimum absolute atomic E-state index is 0.0530. The summed E-state index contributed by atoms with van der Waals surface area (Å²) in [7, 11) is 1.63. The van der Waals surface area contributed by atoms with Crippen molar-refractivity contribution in [3.8, 4) is 11.6 Å². The molecule has 0 saturated heterocycles. The van der Waals surface area contributed by atoms with Crippen LogP contribution in [-0.2, 0) is 6.42 Å². The van der Waals surface area contributed by atoms with Crippen LogP contribution in [0.3, 0.4) is 0 Å². The van der Waals surface area contributed by atoms with Gasteiger partial charge in [-0.05, 0) is 44.4 Å². The van der Waals surface area contributed by atoms with Crippen LogP contribution in [0, 0.1) is 0 Å². The number of methoxy groups -OCH3 is 1. The number of carbonyl (C=O) groups is 1. The van der Waals surface area contributed by atoms with Gasteiger partial charge in [0.2, 0.25) is 5.88 Å². The predicted molar refractivity (Wildman–Crippen MR) is 93.0 cm³/mol. The molecule has 3 rings (SSSR count). The van der Waals surface area contributed by atoms with Crippen molar-refractivity contribution in [1.29, 1.82) is 0 Å². The molecular weight excluding hydrogens is 304 g/mol. The molecular formula is C19H22N2O3. The molecule has 0 bridgehead atoms. The molecule has 0 unspecified atom stereocenters. The number of hydrogen-bond acceptors (Lipinski definition) is 4. The van der Waals surface area contributed by atoms with Crippen molar-refractivity contribution in [1.82, 2.24) is 4.98 Å². The van der Waals surface area contributed by atoms with Gasteiger partial charge >= 0.3 is 0 Å². The molecule has 2 heterocycles. The number of hydrogen-bond donors (Lipinski definition) is 0. The highest BCUT2D eigenvalue weighted by molar-refractivity contribution is 6.07. The Morgan fingerprint density at radius 3 is 2.75 bits per heavy atom. The van der Waals surface area contributed by atoms with E-state index in [1.807, 2.05) is 26.0 Å². The number of aromatic nitrogens is 1. The molecule has 0 radical (unpaired) electrons. The second-order valence-electron chi connectivity index (χ2n) is 6.08. The summed E-state index contributed by atoms with van der Waals surface area (Å²) >= 11 is 0. The number of amides is 1. The van der Waals surface area contributed by atoms with Gasteiger partial charge in [0.25, 0.3) is 5.91 Å².